The van der Waals surface area contributed by atoms with Crippen LogP contribution in [0.15, 0.2) is 97.6 Å². The highest BCUT2D eigenvalue weighted by Gasteiger charge is 2.31. The molecule has 6 aromatic heterocycles. The zero-order valence-electron chi connectivity index (χ0n) is 20.8. The van der Waals surface area contributed by atoms with Gasteiger partial charge in [0.1, 0.15) is 14.1 Å². The fourth-order valence-electron chi connectivity index (χ4n) is 5.40. The monoisotopic (exact) mass is 698 g/mol. The van der Waals surface area contributed by atoms with E-state index in [1.54, 1.807) is 0 Å². The largest absolute Gasteiger partial charge is 1.00 e. The van der Waals surface area contributed by atoms with Gasteiger partial charge in [-0.1, -0.05) is 12.1 Å². The third-order valence-corrected chi connectivity index (χ3v) is 7.04. The Kier molecular flexibility index (Phi) is 7.56. The molecule has 0 aliphatic rings. The van der Waals surface area contributed by atoms with Gasteiger partial charge in [0.25, 0.3) is 0 Å². The Morgan fingerprint density at radius 2 is 0.917 bits per heavy atom. The molecule has 6 heteroatoms. The van der Waals surface area contributed by atoms with Crippen LogP contribution in [0.2, 0.25) is 0 Å². The molecule has 0 saturated carbocycles. The highest BCUT2D eigenvalue weighted by molar-refractivity contribution is 5.96. The smallest absolute Gasteiger partial charge is 0.214 e. The highest BCUT2D eigenvalue weighted by Crippen LogP contribution is 2.44. The molecule has 4 nitrogen and oxygen atoms in total. The predicted octanol–water partition coefficient (Wildman–Crippen LogP) is -0.533. The molecule has 0 saturated heterocycles. The van der Waals surface area contributed by atoms with Crippen LogP contribution in [0.4, 0.5) is 0 Å². The van der Waals surface area contributed by atoms with Gasteiger partial charge < -0.3 is 56.8 Å². The molecule has 0 aliphatic carbocycles. The summed E-state index contributed by atoms with van der Waals surface area (Å²) in [4.78, 5) is 0. The summed E-state index contributed by atoms with van der Waals surface area (Å²) in [6, 6.07) is 25.8. The molecule has 36 heavy (non-hydrogen) atoms. The van der Waals surface area contributed by atoms with Crippen LogP contribution in [0.3, 0.4) is 0 Å². The number of fused-ring (bicyclic) bond motifs is 2. The minimum absolute atomic E-state index is 0. The lowest BCUT2D eigenvalue weighted by Gasteiger charge is -2.10. The number of hydrogen-bond acceptors (Lipinski definition) is 0. The summed E-state index contributed by atoms with van der Waals surface area (Å²) in [5.74, 6) is 0. The summed E-state index contributed by atoms with van der Waals surface area (Å²) in [7, 11) is 4.25. The summed E-state index contributed by atoms with van der Waals surface area (Å²) >= 11 is 0. The second kappa shape index (κ2) is 10.3. The van der Waals surface area contributed by atoms with E-state index < -0.39 is 0 Å². The van der Waals surface area contributed by atoms with Crippen LogP contribution in [0.25, 0.3) is 44.9 Å². The lowest BCUT2D eigenvalue weighted by molar-refractivity contribution is -0.660. The van der Waals surface area contributed by atoms with Gasteiger partial charge in [-0.05, 0) is 61.4 Å². The van der Waals surface area contributed by atoms with Gasteiger partial charge in [0.05, 0.1) is 22.5 Å². The number of rotatable bonds is 3. The summed E-state index contributed by atoms with van der Waals surface area (Å²) in [6.07, 6.45) is 8.63. The van der Waals surface area contributed by atoms with Crippen LogP contribution in [0, 0.1) is 13.8 Å². The maximum atomic E-state index is 2.36. The Hall–Kier alpha value is -2.72. The van der Waals surface area contributed by atoms with E-state index in [0.29, 0.717) is 0 Å². The average Bonchev–Trinajstić information content (AvgIpc) is 3.31. The van der Waals surface area contributed by atoms with Gasteiger partial charge in [-0.25, -0.2) is 9.13 Å². The quantitative estimate of drug-likeness (QED) is 0.175. The predicted molar refractivity (Wildman–Crippen MR) is 136 cm³/mol. The summed E-state index contributed by atoms with van der Waals surface area (Å²) in [5.41, 5.74) is 12.4. The second-order valence-electron chi connectivity index (χ2n) is 9.00. The van der Waals surface area contributed by atoms with E-state index >= 15 is 0 Å². The Labute approximate surface area is 245 Å². The number of pyridine rings is 4. The summed E-state index contributed by atoms with van der Waals surface area (Å²) in [6.45, 7) is 4.48. The standard InChI is InChI=1S/C30H28N4.2HI/c1-21-23-13-7-11-19-33(23)29(27(21)25-15-5-9-17-31(25)3)30-28(26-16-6-10-18-32(26)4)22(2)24-14-8-12-20-34(24)30;;/h5-20H,1-4H3;2*1H/q+2;;/p-2. The van der Waals surface area contributed by atoms with Crippen molar-refractivity contribution >= 4 is 11.0 Å². The Bertz CT molecular complexity index is 1580. The Morgan fingerprint density at radius 3 is 1.31 bits per heavy atom. The lowest BCUT2D eigenvalue weighted by atomic mass is 9.99. The number of halogens is 2. The maximum absolute atomic E-state index is 2.36. The number of hydrogen-bond donors (Lipinski definition) is 0. The van der Waals surface area contributed by atoms with E-state index in [9.17, 15) is 0 Å². The SMILES string of the molecule is Cc1c(-c2cccc[n+]2C)c(-c2c(-c3cccc[n+]3C)c(C)c3ccccn23)n2ccccc12.[I-].[I-]. The van der Waals surface area contributed by atoms with Crippen molar-refractivity contribution in [2.75, 3.05) is 0 Å². The minimum Gasteiger partial charge on any atom is -1.00 e. The molecule has 0 aliphatic heterocycles. The zero-order valence-corrected chi connectivity index (χ0v) is 25.1. The van der Waals surface area contributed by atoms with Crippen molar-refractivity contribution in [3.05, 3.63) is 109 Å². The molecule has 0 fully saturated rings. The van der Waals surface area contributed by atoms with Gasteiger partial charge in [0.15, 0.2) is 12.4 Å². The molecule has 0 bridgehead atoms. The van der Waals surface area contributed by atoms with Crippen molar-refractivity contribution in [1.82, 2.24) is 8.80 Å². The van der Waals surface area contributed by atoms with E-state index in [4.69, 9.17) is 0 Å². The molecule has 0 aromatic carbocycles. The number of aromatic nitrogens is 4. The van der Waals surface area contributed by atoms with Gasteiger partial charge in [0, 0.05) is 47.7 Å². The summed E-state index contributed by atoms with van der Waals surface area (Å²) < 4.78 is 9.16. The highest BCUT2D eigenvalue weighted by atomic mass is 127. The fourth-order valence-corrected chi connectivity index (χ4v) is 5.40. The summed E-state index contributed by atoms with van der Waals surface area (Å²) in [5, 5.41) is 0. The molecule has 0 unspecified atom stereocenters. The lowest BCUT2D eigenvalue weighted by Crippen LogP contribution is -3.00. The first-order valence-corrected chi connectivity index (χ1v) is 11.7. The van der Waals surface area contributed by atoms with Gasteiger partial charge >= 0.3 is 0 Å². The number of nitrogens with zero attached hydrogens (tertiary/aromatic N) is 4. The van der Waals surface area contributed by atoms with Gasteiger partial charge in [-0.3, -0.25) is 0 Å². The van der Waals surface area contributed by atoms with E-state index in [0.717, 1.165) is 0 Å². The average molecular weight is 698 g/mol. The van der Waals surface area contributed by atoms with Gasteiger partial charge in [-0.15, -0.1) is 0 Å². The van der Waals surface area contributed by atoms with E-state index in [1.807, 2.05) is 0 Å². The van der Waals surface area contributed by atoms with Crippen LogP contribution in [0.5, 0.6) is 0 Å². The van der Waals surface area contributed by atoms with Crippen molar-refractivity contribution in [3.8, 4) is 33.9 Å². The molecular formula is C30H28I2N4. The third-order valence-electron chi connectivity index (χ3n) is 7.04. The molecule has 0 amide bonds. The first kappa shape index (κ1) is 26.3. The number of aryl methyl sites for hydroxylation is 4. The first-order chi connectivity index (χ1) is 16.6. The van der Waals surface area contributed by atoms with Crippen molar-refractivity contribution in [1.29, 1.82) is 0 Å². The Balaban J connectivity index is 0.00000152. The van der Waals surface area contributed by atoms with Crippen molar-refractivity contribution in [3.63, 3.8) is 0 Å². The molecule has 0 N–H and O–H groups in total. The van der Waals surface area contributed by atoms with Gasteiger partial charge in [0.2, 0.25) is 11.4 Å². The van der Waals surface area contributed by atoms with Crippen LogP contribution in [-0.4, -0.2) is 8.80 Å². The molecule has 6 heterocycles. The van der Waals surface area contributed by atoms with Crippen molar-refractivity contribution in [2.24, 2.45) is 14.1 Å². The third kappa shape index (κ3) is 3.94. The molecule has 0 atom stereocenters. The van der Waals surface area contributed by atoms with E-state index in [-0.39, 0.29) is 48.0 Å². The van der Waals surface area contributed by atoms with Crippen molar-refractivity contribution < 1.29 is 57.1 Å². The molecule has 6 aromatic rings. The molecule has 182 valence electrons. The van der Waals surface area contributed by atoms with Gasteiger partial charge in [-0.2, -0.15) is 0 Å². The second-order valence-corrected chi connectivity index (χ2v) is 9.00. The molecular weight excluding hydrogens is 670 g/mol. The van der Waals surface area contributed by atoms with Crippen LogP contribution >= 0.6 is 0 Å². The minimum atomic E-state index is 0. The van der Waals surface area contributed by atoms with Crippen LogP contribution < -0.4 is 57.1 Å². The molecule has 6 rings (SSSR count). The Morgan fingerprint density at radius 1 is 0.528 bits per heavy atom. The molecule has 0 radical (unpaired) electrons. The van der Waals surface area contributed by atoms with Crippen LogP contribution in [0.1, 0.15) is 11.1 Å². The zero-order chi connectivity index (χ0) is 23.4. The normalized spacial score (nSPS) is 10.9. The maximum Gasteiger partial charge on any atom is 0.214 e. The van der Waals surface area contributed by atoms with E-state index in [1.165, 1.54) is 56.1 Å². The topological polar surface area (TPSA) is 16.6 Å². The van der Waals surface area contributed by atoms with E-state index in [2.05, 4.69) is 143 Å². The first-order valence-electron chi connectivity index (χ1n) is 11.7. The fraction of sp³-hybridized carbons (Fsp3) is 0.133. The van der Waals surface area contributed by atoms with Crippen LogP contribution in [-0.2, 0) is 14.1 Å². The van der Waals surface area contributed by atoms with Crippen molar-refractivity contribution in [2.45, 2.75) is 13.8 Å². The molecule has 0 spiro atoms.